The highest BCUT2D eigenvalue weighted by Gasteiger charge is 2.54. The van der Waals surface area contributed by atoms with Crippen molar-refractivity contribution in [3.8, 4) is 44.5 Å². The van der Waals surface area contributed by atoms with Crippen LogP contribution in [0.4, 0.5) is 34.1 Å². The SMILES string of the molecule is CC1(C)c2ccccc2-c2c3c(cc(-c4cc(N(c5ccccc5)c5ccccc5)cc(N(c5ccccc5)c5cccc6c5oc5ccccc56)c4)c21)C1(c2ccccc2-c2ccccc21)c1ccccc1-3. The van der Waals surface area contributed by atoms with Crippen molar-refractivity contribution in [3.05, 3.63) is 288 Å². The number of hydrogen-bond donors (Lipinski definition) is 0. The predicted octanol–water partition coefficient (Wildman–Crippen LogP) is 18.8. The molecule has 0 saturated carbocycles. The maximum absolute atomic E-state index is 6.90. The molecular formula is C70H48N2O. The molecule has 0 unspecified atom stereocenters. The molecule has 0 N–H and O–H groups in total. The zero-order valence-corrected chi connectivity index (χ0v) is 40.6. The summed E-state index contributed by atoms with van der Waals surface area (Å²) in [4.78, 5) is 4.81. The first kappa shape index (κ1) is 41.6. The first-order chi connectivity index (χ1) is 36.0. The lowest BCUT2D eigenvalue weighted by molar-refractivity contribution is 0.661. The summed E-state index contributed by atoms with van der Waals surface area (Å²) in [5, 5.41) is 2.18. The van der Waals surface area contributed by atoms with Crippen LogP contribution in [-0.2, 0) is 10.8 Å². The maximum Gasteiger partial charge on any atom is 0.159 e. The quantitative estimate of drug-likeness (QED) is 0.159. The normalized spacial score (nSPS) is 13.8. The van der Waals surface area contributed by atoms with E-state index in [0.717, 1.165) is 61.6 Å². The lowest BCUT2D eigenvalue weighted by Crippen LogP contribution is -2.26. The van der Waals surface area contributed by atoms with Crippen molar-refractivity contribution in [2.75, 3.05) is 9.80 Å². The van der Waals surface area contributed by atoms with Gasteiger partial charge in [-0.2, -0.15) is 0 Å². The topological polar surface area (TPSA) is 19.6 Å². The Morgan fingerprint density at radius 2 is 0.795 bits per heavy atom. The molecule has 0 atom stereocenters. The summed E-state index contributed by atoms with van der Waals surface area (Å²) in [7, 11) is 0. The van der Waals surface area contributed by atoms with Crippen molar-refractivity contribution in [1.82, 2.24) is 0 Å². The van der Waals surface area contributed by atoms with Crippen LogP contribution in [0, 0.1) is 0 Å². The smallest absolute Gasteiger partial charge is 0.159 e. The van der Waals surface area contributed by atoms with E-state index in [0.29, 0.717) is 0 Å². The summed E-state index contributed by atoms with van der Waals surface area (Å²) in [5.41, 5.74) is 25.3. The summed E-state index contributed by atoms with van der Waals surface area (Å²) in [5.74, 6) is 0. The van der Waals surface area contributed by atoms with E-state index in [1.807, 2.05) is 0 Å². The Morgan fingerprint density at radius 3 is 1.41 bits per heavy atom. The van der Waals surface area contributed by atoms with Gasteiger partial charge in [-0.1, -0.05) is 196 Å². The number of hydrogen-bond acceptors (Lipinski definition) is 3. The van der Waals surface area contributed by atoms with Gasteiger partial charge in [-0.15, -0.1) is 0 Å². The Morgan fingerprint density at radius 1 is 0.329 bits per heavy atom. The van der Waals surface area contributed by atoms with Crippen LogP contribution in [-0.4, -0.2) is 0 Å². The van der Waals surface area contributed by atoms with Crippen LogP contribution in [0.3, 0.4) is 0 Å². The van der Waals surface area contributed by atoms with Crippen molar-refractivity contribution in [2.45, 2.75) is 24.7 Å². The molecule has 73 heavy (non-hydrogen) atoms. The van der Waals surface area contributed by atoms with E-state index < -0.39 is 5.41 Å². The summed E-state index contributed by atoms with van der Waals surface area (Å²) >= 11 is 0. The largest absolute Gasteiger partial charge is 0.454 e. The van der Waals surface area contributed by atoms with Gasteiger partial charge in [0.05, 0.1) is 11.1 Å². The monoisotopic (exact) mass is 932 g/mol. The van der Waals surface area contributed by atoms with Gasteiger partial charge < -0.3 is 14.2 Å². The van der Waals surface area contributed by atoms with E-state index in [4.69, 9.17) is 4.42 Å². The molecule has 1 aromatic heterocycles. The lowest BCUT2D eigenvalue weighted by atomic mass is 9.69. The van der Waals surface area contributed by atoms with Crippen LogP contribution in [0.15, 0.2) is 259 Å². The fourth-order valence-electron chi connectivity index (χ4n) is 13.3. The van der Waals surface area contributed by atoms with Crippen molar-refractivity contribution in [2.24, 2.45) is 0 Å². The second-order valence-electron chi connectivity index (χ2n) is 20.3. The minimum Gasteiger partial charge on any atom is -0.454 e. The number of benzene rings is 11. The van der Waals surface area contributed by atoms with Crippen molar-refractivity contribution in [1.29, 1.82) is 0 Å². The molecule has 3 heteroatoms. The molecule has 15 rings (SSSR count). The van der Waals surface area contributed by atoms with Crippen molar-refractivity contribution < 1.29 is 4.42 Å². The van der Waals surface area contributed by atoms with Gasteiger partial charge in [-0.05, 0) is 151 Å². The molecule has 11 aromatic carbocycles. The van der Waals surface area contributed by atoms with E-state index in [-0.39, 0.29) is 5.41 Å². The van der Waals surface area contributed by atoms with Gasteiger partial charge in [-0.25, -0.2) is 0 Å². The highest BCUT2D eigenvalue weighted by atomic mass is 16.3. The van der Waals surface area contributed by atoms with E-state index in [2.05, 4.69) is 278 Å². The van der Waals surface area contributed by atoms with Gasteiger partial charge in [0.2, 0.25) is 0 Å². The number of para-hydroxylation sites is 5. The summed E-state index contributed by atoms with van der Waals surface area (Å²) in [6.45, 7) is 4.88. The van der Waals surface area contributed by atoms with E-state index >= 15 is 0 Å². The number of anilines is 6. The average molecular weight is 933 g/mol. The first-order valence-electron chi connectivity index (χ1n) is 25.4. The van der Waals surface area contributed by atoms with E-state index in [1.54, 1.807) is 0 Å². The molecule has 1 spiro atoms. The molecule has 0 amide bonds. The van der Waals surface area contributed by atoms with Gasteiger partial charge in [0.25, 0.3) is 0 Å². The Balaban J connectivity index is 1.10. The molecular weight excluding hydrogens is 885 g/mol. The number of rotatable bonds is 7. The van der Waals surface area contributed by atoms with Crippen LogP contribution < -0.4 is 9.80 Å². The van der Waals surface area contributed by atoms with Gasteiger partial charge in [0, 0.05) is 44.6 Å². The van der Waals surface area contributed by atoms with Gasteiger partial charge >= 0.3 is 0 Å². The van der Waals surface area contributed by atoms with Crippen LogP contribution in [0.1, 0.15) is 47.2 Å². The van der Waals surface area contributed by atoms with Gasteiger partial charge in [0.1, 0.15) is 5.58 Å². The molecule has 3 aliphatic rings. The number of furan rings is 1. The third-order valence-corrected chi connectivity index (χ3v) is 16.2. The molecule has 12 aromatic rings. The van der Waals surface area contributed by atoms with Gasteiger partial charge in [-0.3, -0.25) is 0 Å². The highest BCUT2D eigenvalue weighted by molar-refractivity contribution is 6.11. The van der Waals surface area contributed by atoms with Crippen LogP contribution in [0.2, 0.25) is 0 Å². The van der Waals surface area contributed by atoms with Gasteiger partial charge in [0.15, 0.2) is 5.58 Å². The molecule has 344 valence electrons. The summed E-state index contributed by atoms with van der Waals surface area (Å²) in [6, 6.07) is 93.9. The zero-order valence-electron chi connectivity index (χ0n) is 40.6. The molecule has 0 fully saturated rings. The fraction of sp³-hybridized carbons (Fsp3) is 0.0571. The molecule has 0 saturated heterocycles. The standard InChI is InChI=1S/C70H48N2O/c1-69(2)58-35-17-14-32-55(58)66-65-56-33-15-20-38-61(56)70(59-36-18-12-29-51(59)52-30-13-19-37-60(52)70)62(65)44-57(67(66)69)45-41-49(71(46-23-6-3-7-24-46)47-25-8-4-9-26-47)43-50(42-45)72(48-27-10-5-11-28-48)63-39-22-34-54-53-31-16-21-40-64(53)73-68(54)63/h3-44H,1-2H3. The minimum absolute atomic E-state index is 0.347. The molecule has 3 aliphatic carbocycles. The highest BCUT2D eigenvalue weighted by Crippen LogP contribution is 2.68. The van der Waals surface area contributed by atoms with Crippen LogP contribution in [0.5, 0.6) is 0 Å². The molecule has 0 radical (unpaired) electrons. The third kappa shape index (κ3) is 5.82. The first-order valence-corrected chi connectivity index (χ1v) is 25.4. The Hall–Kier alpha value is -9.18. The molecule has 0 aliphatic heterocycles. The zero-order chi connectivity index (χ0) is 48.4. The van der Waals surface area contributed by atoms with E-state index in [1.165, 1.54) is 72.3 Å². The predicted molar refractivity (Wildman–Crippen MR) is 302 cm³/mol. The second-order valence-corrected chi connectivity index (χ2v) is 20.3. The Labute approximate surface area is 425 Å². The fourth-order valence-corrected chi connectivity index (χ4v) is 13.3. The van der Waals surface area contributed by atoms with Crippen LogP contribution >= 0.6 is 0 Å². The molecule has 3 nitrogen and oxygen atoms in total. The lowest BCUT2D eigenvalue weighted by Gasteiger charge is -2.33. The van der Waals surface area contributed by atoms with Crippen molar-refractivity contribution >= 4 is 56.1 Å². The summed E-state index contributed by atoms with van der Waals surface area (Å²) in [6.07, 6.45) is 0. The molecule has 1 heterocycles. The number of fused-ring (bicyclic) bond motifs is 17. The Kier molecular flexibility index (Phi) is 8.92. The average Bonchev–Trinajstić information content (AvgIpc) is 4.21. The minimum atomic E-state index is -0.544. The summed E-state index contributed by atoms with van der Waals surface area (Å²) < 4.78 is 6.90. The van der Waals surface area contributed by atoms with E-state index in [9.17, 15) is 0 Å². The molecule has 0 bridgehead atoms. The van der Waals surface area contributed by atoms with Crippen molar-refractivity contribution in [3.63, 3.8) is 0 Å². The van der Waals surface area contributed by atoms with Crippen LogP contribution in [0.25, 0.3) is 66.4 Å². The number of nitrogens with zero attached hydrogens (tertiary/aromatic N) is 2. The second kappa shape index (κ2) is 15.7. The third-order valence-electron chi connectivity index (χ3n) is 16.2. The Bertz CT molecular complexity index is 4100. The maximum atomic E-state index is 6.90.